The highest BCUT2D eigenvalue weighted by atomic mass is 15.2. The van der Waals surface area contributed by atoms with Crippen molar-refractivity contribution in [1.29, 1.82) is 0 Å². The van der Waals surface area contributed by atoms with Gasteiger partial charge in [0.15, 0.2) is 0 Å². The van der Waals surface area contributed by atoms with Crippen LogP contribution in [0.3, 0.4) is 0 Å². The van der Waals surface area contributed by atoms with Crippen LogP contribution in [0.15, 0.2) is 0 Å². The highest BCUT2D eigenvalue weighted by molar-refractivity contribution is 4.79. The Labute approximate surface area is 68.9 Å². The third-order valence-electron chi connectivity index (χ3n) is 2.26. The zero-order valence-corrected chi connectivity index (χ0v) is 7.34. The number of hydrogen-bond donors (Lipinski definition) is 2. The third-order valence-corrected chi connectivity index (χ3v) is 2.26. The molecule has 66 valence electrons. The van der Waals surface area contributed by atoms with Gasteiger partial charge in [-0.05, 0) is 13.0 Å². The van der Waals surface area contributed by atoms with Crippen molar-refractivity contribution in [2.45, 2.75) is 19.4 Å². The molecule has 1 rings (SSSR count). The van der Waals surface area contributed by atoms with E-state index in [2.05, 4.69) is 17.1 Å². The van der Waals surface area contributed by atoms with E-state index >= 15 is 0 Å². The van der Waals surface area contributed by atoms with E-state index in [-0.39, 0.29) is 0 Å². The molecular formula is C8H19N3. The molecule has 1 aliphatic heterocycles. The number of nitrogens with one attached hydrogen (secondary N) is 1. The number of rotatable bonds is 3. The van der Waals surface area contributed by atoms with E-state index in [9.17, 15) is 0 Å². The van der Waals surface area contributed by atoms with Gasteiger partial charge in [-0.1, -0.05) is 6.92 Å². The van der Waals surface area contributed by atoms with Gasteiger partial charge in [0.1, 0.15) is 0 Å². The van der Waals surface area contributed by atoms with E-state index in [0.717, 1.165) is 26.2 Å². The van der Waals surface area contributed by atoms with Crippen LogP contribution in [0.5, 0.6) is 0 Å². The predicted molar refractivity (Wildman–Crippen MR) is 47.6 cm³/mol. The lowest BCUT2D eigenvalue weighted by atomic mass is 10.2. The van der Waals surface area contributed by atoms with Gasteiger partial charge in [0.05, 0.1) is 0 Å². The molecule has 3 nitrogen and oxygen atoms in total. The van der Waals surface area contributed by atoms with Crippen molar-refractivity contribution in [3.63, 3.8) is 0 Å². The Morgan fingerprint density at radius 1 is 1.64 bits per heavy atom. The van der Waals surface area contributed by atoms with Gasteiger partial charge >= 0.3 is 0 Å². The fourth-order valence-electron chi connectivity index (χ4n) is 1.62. The highest BCUT2D eigenvalue weighted by Crippen LogP contribution is 2.01. The molecule has 1 unspecified atom stereocenters. The fourth-order valence-corrected chi connectivity index (χ4v) is 1.62. The number of nitrogens with two attached hydrogens (primary N) is 1. The smallest absolute Gasteiger partial charge is 0.0343 e. The molecule has 1 aliphatic rings. The zero-order valence-electron chi connectivity index (χ0n) is 7.34. The Bertz CT molecular complexity index is 104. The molecule has 1 heterocycles. The number of nitrogens with zero attached hydrogens (tertiary/aromatic N) is 1. The topological polar surface area (TPSA) is 41.3 Å². The summed E-state index contributed by atoms with van der Waals surface area (Å²) in [6, 6.07) is 0.573. The van der Waals surface area contributed by atoms with Gasteiger partial charge in [0.2, 0.25) is 0 Å². The average molecular weight is 157 g/mol. The quantitative estimate of drug-likeness (QED) is 0.587. The molecule has 0 bridgehead atoms. The summed E-state index contributed by atoms with van der Waals surface area (Å²) in [5, 5.41) is 3.35. The van der Waals surface area contributed by atoms with Crippen LogP contribution in [0.2, 0.25) is 0 Å². The first-order valence-corrected chi connectivity index (χ1v) is 4.53. The van der Waals surface area contributed by atoms with Crippen LogP contribution in [-0.2, 0) is 0 Å². The van der Waals surface area contributed by atoms with Gasteiger partial charge < -0.3 is 11.1 Å². The Morgan fingerprint density at radius 3 is 3.09 bits per heavy atom. The lowest BCUT2D eigenvalue weighted by molar-refractivity contribution is 0.166. The van der Waals surface area contributed by atoms with Gasteiger partial charge in [0.25, 0.3) is 0 Å². The van der Waals surface area contributed by atoms with Gasteiger partial charge in [0, 0.05) is 32.2 Å². The second-order valence-corrected chi connectivity index (χ2v) is 3.13. The fraction of sp³-hybridized carbons (Fsp3) is 1.00. The largest absolute Gasteiger partial charge is 0.329 e. The first kappa shape index (κ1) is 8.97. The van der Waals surface area contributed by atoms with Crippen LogP contribution in [0.25, 0.3) is 0 Å². The molecule has 0 radical (unpaired) electrons. The standard InChI is InChI=1S/C8H19N3/c1-2-4-11-5-3-10-7-8(11)6-9/h8,10H,2-7,9H2,1H3. The summed E-state index contributed by atoms with van der Waals surface area (Å²) in [6.07, 6.45) is 1.23. The molecule has 1 saturated heterocycles. The van der Waals surface area contributed by atoms with Crippen molar-refractivity contribution in [3.8, 4) is 0 Å². The average Bonchev–Trinajstić information content (AvgIpc) is 2.06. The van der Waals surface area contributed by atoms with Crippen molar-refractivity contribution >= 4 is 0 Å². The predicted octanol–water partition coefficient (Wildman–Crippen LogP) is -0.371. The maximum atomic E-state index is 5.64. The van der Waals surface area contributed by atoms with Gasteiger partial charge in [-0.15, -0.1) is 0 Å². The minimum atomic E-state index is 0.573. The second-order valence-electron chi connectivity index (χ2n) is 3.13. The van der Waals surface area contributed by atoms with Crippen LogP contribution in [-0.4, -0.2) is 43.7 Å². The van der Waals surface area contributed by atoms with Gasteiger partial charge in [-0.25, -0.2) is 0 Å². The Kier molecular flexibility index (Phi) is 3.83. The minimum absolute atomic E-state index is 0.573. The van der Waals surface area contributed by atoms with E-state index in [1.54, 1.807) is 0 Å². The first-order valence-electron chi connectivity index (χ1n) is 4.53. The molecule has 3 heteroatoms. The maximum absolute atomic E-state index is 5.64. The second kappa shape index (κ2) is 4.70. The van der Waals surface area contributed by atoms with Crippen molar-refractivity contribution < 1.29 is 0 Å². The summed E-state index contributed by atoms with van der Waals surface area (Å²) in [5.41, 5.74) is 5.64. The summed E-state index contributed by atoms with van der Waals surface area (Å²) in [4.78, 5) is 2.48. The normalized spacial score (nSPS) is 27.3. The van der Waals surface area contributed by atoms with Crippen molar-refractivity contribution in [2.24, 2.45) is 5.73 Å². The molecule has 0 aromatic carbocycles. The Balaban J connectivity index is 2.31. The summed E-state index contributed by atoms with van der Waals surface area (Å²) < 4.78 is 0. The molecule has 0 saturated carbocycles. The molecular weight excluding hydrogens is 138 g/mol. The highest BCUT2D eigenvalue weighted by Gasteiger charge is 2.18. The number of piperazine rings is 1. The monoisotopic (exact) mass is 157 g/mol. The van der Waals surface area contributed by atoms with E-state index in [0.29, 0.717) is 6.04 Å². The van der Waals surface area contributed by atoms with Crippen molar-refractivity contribution in [2.75, 3.05) is 32.7 Å². The maximum Gasteiger partial charge on any atom is 0.0343 e. The molecule has 0 spiro atoms. The molecule has 1 fully saturated rings. The lowest BCUT2D eigenvalue weighted by Crippen LogP contribution is -2.54. The summed E-state index contributed by atoms with van der Waals surface area (Å²) in [5.74, 6) is 0. The van der Waals surface area contributed by atoms with Crippen LogP contribution >= 0.6 is 0 Å². The molecule has 11 heavy (non-hydrogen) atoms. The Morgan fingerprint density at radius 2 is 2.45 bits per heavy atom. The van der Waals surface area contributed by atoms with Crippen LogP contribution in [0.1, 0.15) is 13.3 Å². The van der Waals surface area contributed by atoms with Crippen molar-refractivity contribution in [3.05, 3.63) is 0 Å². The molecule has 0 aromatic rings. The molecule has 0 aliphatic carbocycles. The van der Waals surface area contributed by atoms with Crippen LogP contribution in [0, 0.1) is 0 Å². The summed E-state index contributed by atoms with van der Waals surface area (Å²) in [7, 11) is 0. The van der Waals surface area contributed by atoms with Gasteiger partial charge in [-0.3, -0.25) is 4.90 Å². The first-order chi connectivity index (χ1) is 5.38. The minimum Gasteiger partial charge on any atom is -0.329 e. The van der Waals surface area contributed by atoms with E-state index < -0.39 is 0 Å². The lowest BCUT2D eigenvalue weighted by Gasteiger charge is -2.35. The van der Waals surface area contributed by atoms with Crippen LogP contribution < -0.4 is 11.1 Å². The molecule has 3 N–H and O–H groups in total. The molecule has 1 atom stereocenters. The van der Waals surface area contributed by atoms with E-state index in [4.69, 9.17) is 5.73 Å². The summed E-state index contributed by atoms with van der Waals surface area (Å²) in [6.45, 7) is 7.55. The van der Waals surface area contributed by atoms with E-state index in [1.165, 1.54) is 13.0 Å². The Hall–Kier alpha value is -0.120. The van der Waals surface area contributed by atoms with E-state index in [1.807, 2.05) is 0 Å². The third kappa shape index (κ3) is 2.43. The zero-order chi connectivity index (χ0) is 8.10. The van der Waals surface area contributed by atoms with Crippen molar-refractivity contribution in [1.82, 2.24) is 10.2 Å². The molecule has 0 amide bonds. The SMILES string of the molecule is CCCN1CCNCC1CN. The van der Waals surface area contributed by atoms with Gasteiger partial charge in [-0.2, -0.15) is 0 Å². The summed E-state index contributed by atoms with van der Waals surface area (Å²) >= 11 is 0. The molecule has 0 aromatic heterocycles. The van der Waals surface area contributed by atoms with Crippen LogP contribution in [0.4, 0.5) is 0 Å². The number of hydrogen-bond acceptors (Lipinski definition) is 3.